The lowest BCUT2D eigenvalue weighted by atomic mass is 10.2. The van der Waals surface area contributed by atoms with Crippen LogP contribution in [0.1, 0.15) is 20.8 Å². The van der Waals surface area contributed by atoms with E-state index in [2.05, 4.69) is 30.2 Å². The van der Waals surface area contributed by atoms with Crippen LogP contribution < -0.4 is 5.32 Å². The molecule has 0 aliphatic carbocycles. The van der Waals surface area contributed by atoms with Gasteiger partial charge in [-0.15, -0.1) is 0 Å². The standard InChI is InChI=1S/C8H16N2/c1-7(2)5-8(3)10-6-9-4/h5,9H,6H2,1-4H3. The van der Waals surface area contributed by atoms with Crippen molar-refractivity contribution in [3.63, 3.8) is 0 Å². The van der Waals surface area contributed by atoms with Gasteiger partial charge in [-0.2, -0.15) is 0 Å². The molecule has 2 heteroatoms. The summed E-state index contributed by atoms with van der Waals surface area (Å²) in [6.45, 7) is 6.84. The maximum absolute atomic E-state index is 4.21. The van der Waals surface area contributed by atoms with Crippen LogP contribution in [0.4, 0.5) is 0 Å². The summed E-state index contributed by atoms with van der Waals surface area (Å²) in [4.78, 5) is 4.21. The first-order chi connectivity index (χ1) is 4.66. The van der Waals surface area contributed by atoms with Crippen LogP contribution in [0.15, 0.2) is 16.6 Å². The van der Waals surface area contributed by atoms with Crippen molar-refractivity contribution >= 4 is 5.71 Å². The van der Waals surface area contributed by atoms with Crippen LogP contribution in [0.25, 0.3) is 0 Å². The molecule has 10 heavy (non-hydrogen) atoms. The maximum Gasteiger partial charge on any atom is 0.0885 e. The second-order valence-corrected chi connectivity index (χ2v) is 2.53. The highest BCUT2D eigenvalue weighted by molar-refractivity contribution is 5.93. The van der Waals surface area contributed by atoms with Gasteiger partial charge < -0.3 is 5.32 Å². The van der Waals surface area contributed by atoms with E-state index in [1.165, 1.54) is 5.57 Å². The Morgan fingerprint density at radius 1 is 1.40 bits per heavy atom. The van der Waals surface area contributed by atoms with Crippen molar-refractivity contribution in [2.75, 3.05) is 13.7 Å². The first-order valence-electron chi connectivity index (χ1n) is 3.47. The number of hydrogen-bond donors (Lipinski definition) is 1. The second-order valence-electron chi connectivity index (χ2n) is 2.53. The summed E-state index contributed by atoms with van der Waals surface area (Å²) in [6, 6.07) is 0. The molecule has 0 amide bonds. The largest absolute Gasteiger partial charge is 0.301 e. The van der Waals surface area contributed by atoms with E-state index in [0.29, 0.717) is 6.67 Å². The lowest BCUT2D eigenvalue weighted by Crippen LogP contribution is -2.06. The molecule has 0 bridgehead atoms. The molecule has 1 N–H and O–H groups in total. The summed E-state index contributed by atoms with van der Waals surface area (Å²) in [5.74, 6) is 0. The molecule has 0 rings (SSSR count). The summed E-state index contributed by atoms with van der Waals surface area (Å²) in [6.07, 6.45) is 2.07. The Labute approximate surface area is 63.0 Å². The molecule has 0 aromatic carbocycles. The smallest absolute Gasteiger partial charge is 0.0885 e. The van der Waals surface area contributed by atoms with Gasteiger partial charge in [0, 0.05) is 5.71 Å². The average molecular weight is 140 g/mol. The van der Waals surface area contributed by atoms with Crippen LogP contribution in [0.2, 0.25) is 0 Å². The van der Waals surface area contributed by atoms with Crippen LogP contribution in [-0.4, -0.2) is 19.4 Å². The zero-order valence-electron chi connectivity index (χ0n) is 7.23. The van der Waals surface area contributed by atoms with Crippen molar-refractivity contribution in [3.8, 4) is 0 Å². The average Bonchev–Trinajstić information content (AvgIpc) is 1.82. The van der Waals surface area contributed by atoms with E-state index in [4.69, 9.17) is 0 Å². The van der Waals surface area contributed by atoms with Crippen molar-refractivity contribution in [3.05, 3.63) is 11.6 Å². The van der Waals surface area contributed by atoms with Crippen LogP contribution in [-0.2, 0) is 0 Å². The first kappa shape index (κ1) is 9.37. The second kappa shape index (κ2) is 5.18. The fourth-order valence-corrected chi connectivity index (χ4v) is 0.667. The van der Waals surface area contributed by atoms with Gasteiger partial charge in [-0.3, -0.25) is 4.99 Å². The van der Waals surface area contributed by atoms with Gasteiger partial charge in [0.25, 0.3) is 0 Å². The van der Waals surface area contributed by atoms with E-state index >= 15 is 0 Å². The fourth-order valence-electron chi connectivity index (χ4n) is 0.667. The highest BCUT2D eigenvalue weighted by Crippen LogP contribution is 1.89. The lowest BCUT2D eigenvalue weighted by Gasteiger charge is -1.93. The van der Waals surface area contributed by atoms with Gasteiger partial charge in [0.2, 0.25) is 0 Å². The minimum Gasteiger partial charge on any atom is -0.301 e. The van der Waals surface area contributed by atoms with Crippen molar-refractivity contribution in [2.45, 2.75) is 20.8 Å². The predicted molar refractivity (Wildman–Crippen MR) is 46.5 cm³/mol. The zero-order valence-corrected chi connectivity index (χ0v) is 7.23. The molecule has 2 nitrogen and oxygen atoms in total. The molecule has 0 aliphatic heterocycles. The molecule has 0 heterocycles. The highest BCUT2D eigenvalue weighted by Gasteiger charge is 1.82. The first-order valence-corrected chi connectivity index (χ1v) is 3.47. The Morgan fingerprint density at radius 3 is 2.40 bits per heavy atom. The van der Waals surface area contributed by atoms with E-state index in [-0.39, 0.29) is 0 Å². The summed E-state index contributed by atoms with van der Waals surface area (Å²) < 4.78 is 0. The predicted octanol–water partition coefficient (Wildman–Crippen LogP) is 1.59. The van der Waals surface area contributed by atoms with Gasteiger partial charge in [0.15, 0.2) is 0 Å². The normalized spacial score (nSPS) is 11.4. The molecule has 58 valence electrons. The molecule has 0 aliphatic rings. The van der Waals surface area contributed by atoms with Gasteiger partial charge in [-0.05, 0) is 33.9 Å². The lowest BCUT2D eigenvalue weighted by molar-refractivity contribution is 0.835. The Balaban J connectivity index is 3.82. The Hall–Kier alpha value is -0.630. The van der Waals surface area contributed by atoms with Gasteiger partial charge >= 0.3 is 0 Å². The zero-order chi connectivity index (χ0) is 7.98. The van der Waals surface area contributed by atoms with Crippen LogP contribution in [0.5, 0.6) is 0 Å². The highest BCUT2D eigenvalue weighted by atomic mass is 15.0. The number of aliphatic imine (C=N–C) groups is 1. The molecule has 0 aromatic rings. The third-order valence-electron chi connectivity index (χ3n) is 0.984. The van der Waals surface area contributed by atoms with Crippen molar-refractivity contribution < 1.29 is 0 Å². The summed E-state index contributed by atoms with van der Waals surface area (Å²) in [7, 11) is 1.89. The van der Waals surface area contributed by atoms with Crippen molar-refractivity contribution in [1.82, 2.24) is 5.32 Å². The molecule has 0 unspecified atom stereocenters. The minimum absolute atomic E-state index is 0.704. The topological polar surface area (TPSA) is 24.4 Å². The molecular formula is C8H16N2. The Morgan fingerprint density at radius 2 is 2.00 bits per heavy atom. The van der Waals surface area contributed by atoms with Gasteiger partial charge in [0.1, 0.15) is 0 Å². The van der Waals surface area contributed by atoms with Crippen molar-refractivity contribution in [2.24, 2.45) is 4.99 Å². The fraction of sp³-hybridized carbons (Fsp3) is 0.625. The summed E-state index contributed by atoms with van der Waals surface area (Å²) in [5, 5.41) is 2.96. The number of allylic oxidation sites excluding steroid dienone is 2. The SMILES string of the molecule is CNCN=C(C)C=C(C)C. The molecule has 0 radical (unpaired) electrons. The molecule has 0 aromatic heterocycles. The van der Waals surface area contributed by atoms with Crippen LogP contribution in [0, 0.1) is 0 Å². The van der Waals surface area contributed by atoms with Gasteiger partial charge in [0.05, 0.1) is 6.67 Å². The molecule has 0 atom stereocenters. The molecule has 0 saturated heterocycles. The minimum atomic E-state index is 0.704. The van der Waals surface area contributed by atoms with Gasteiger partial charge in [-0.1, -0.05) is 5.57 Å². The maximum atomic E-state index is 4.21. The molecular weight excluding hydrogens is 124 g/mol. The molecule has 0 saturated carbocycles. The quantitative estimate of drug-likeness (QED) is 0.591. The molecule has 0 spiro atoms. The third kappa shape index (κ3) is 5.51. The van der Waals surface area contributed by atoms with E-state index in [1.54, 1.807) is 0 Å². The summed E-state index contributed by atoms with van der Waals surface area (Å²) >= 11 is 0. The number of hydrogen-bond acceptors (Lipinski definition) is 2. The van der Waals surface area contributed by atoms with E-state index in [1.807, 2.05) is 14.0 Å². The molecule has 0 fully saturated rings. The Kier molecular flexibility index (Phi) is 4.85. The van der Waals surface area contributed by atoms with Crippen LogP contribution >= 0.6 is 0 Å². The Bertz CT molecular complexity index is 141. The summed E-state index contributed by atoms with van der Waals surface area (Å²) in [5.41, 5.74) is 2.37. The van der Waals surface area contributed by atoms with E-state index < -0.39 is 0 Å². The number of nitrogens with one attached hydrogen (secondary N) is 1. The monoisotopic (exact) mass is 140 g/mol. The van der Waals surface area contributed by atoms with Gasteiger partial charge in [-0.25, -0.2) is 0 Å². The number of nitrogens with zero attached hydrogens (tertiary/aromatic N) is 1. The van der Waals surface area contributed by atoms with E-state index in [0.717, 1.165) is 5.71 Å². The van der Waals surface area contributed by atoms with Crippen LogP contribution in [0.3, 0.4) is 0 Å². The number of rotatable bonds is 3. The third-order valence-corrected chi connectivity index (χ3v) is 0.984. The van der Waals surface area contributed by atoms with E-state index in [9.17, 15) is 0 Å². The van der Waals surface area contributed by atoms with Crippen molar-refractivity contribution in [1.29, 1.82) is 0 Å².